The van der Waals surface area contributed by atoms with Crippen molar-refractivity contribution < 1.29 is 14.6 Å². The summed E-state index contributed by atoms with van der Waals surface area (Å²) in [5.41, 5.74) is 0.562. The van der Waals surface area contributed by atoms with Gasteiger partial charge < -0.3 is 19.6 Å². The molecule has 6 heteroatoms. The van der Waals surface area contributed by atoms with Gasteiger partial charge in [0.15, 0.2) is 11.5 Å². The highest BCUT2D eigenvalue weighted by atomic mass is 16.5. The molecule has 0 saturated heterocycles. The van der Waals surface area contributed by atoms with Crippen molar-refractivity contribution in [2.24, 2.45) is 0 Å². The largest absolute Gasteiger partial charge is 0.493 e. The molecule has 2 N–H and O–H groups in total. The van der Waals surface area contributed by atoms with Gasteiger partial charge in [0.2, 0.25) is 0 Å². The van der Waals surface area contributed by atoms with Crippen LogP contribution in [0.25, 0.3) is 10.9 Å². The number of benzene rings is 1. The monoisotopic (exact) mass is 250 g/mol. The fourth-order valence-corrected chi connectivity index (χ4v) is 1.95. The molecule has 0 fully saturated rings. The first kappa shape index (κ1) is 12.4. The number of aliphatic hydroxyl groups excluding tert-OH is 1. The van der Waals surface area contributed by atoms with E-state index in [4.69, 9.17) is 9.47 Å². The van der Waals surface area contributed by atoms with E-state index in [2.05, 4.69) is 9.97 Å². The quantitative estimate of drug-likeness (QED) is 0.848. The summed E-state index contributed by atoms with van der Waals surface area (Å²) >= 11 is 0. The van der Waals surface area contributed by atoms with Gasteiger partial charge >= 0.3 is 0 Å². The van der Waals surface area contributed by atoms with Crippen molar-refractivity contribution in [2.75, 3.05) is 14.2 Å². The zero-order chi connectivity index (χ0) is 13.3. The summed E-state index contributed by atoms with van der Waals surface area (Å²) in [6, 6.07) is 1.55. The Bertz CT molecular complexity index is 634. The maximum atomic E-state index is 11.7. The summed E-state index contributed by atoms with van der Waals surface area (Å²) in [4.78, 5) is 18.3. The zero-order valence-corrected chi connectivity index (χ0v) is 10.4. The maximum Gasteiger partial charge on any atom is 0.258 e. The standard InChI is InChI=1S/C12H14N2O4/c1-6(15)9-10-7(12(16)14-5-13-10)4-8(17-2)11(9)18-3/h4-6,15H,1-3H3,(H,13,14,16). The number of rotatable bonds is 3. The molecule has 0 aliphatic heterocycles. The fourth-order valence-electron chi connectivity index (χ4n) is 1.95. The van der Waals surface area contributed by atoms with Gasteiger partial charge in [0.05, 0.1) is 43.1 Å². The SMILES string of the molecule is COc1cc2c(=O)[nH]cnc2c(C(C)O)c1OC. The topological polar surface area (TPSA) is 84.4 Å². The molecule has 1 aromatic carbocycles. The van der Waals surface area contributed by atoms with E-state index in [1.807, 2.05) is 0 Å². The molecule has 0 amide bonds. The lowest BCUT2D eigenvalue weighted by molar-refractivity contribution is 0.194. The summed E-state index contributed by atoms with van der Waals surface area (Å²) < 4.78 is 10.4. The number of fused-ring (bicyclic) bond motifs is 1. The number of ether oxygens (including phenoxy) is 2. The van der Waals surface area contributed by atoms with Crippen LogP contribution in [0, 0.1) is 0 Å². The van der Waals surface area contributed by atoms with Crippen LogP contribution in [0.3, 0.4) is 0 Å². The van der Waals surface area contributed by atoms with Crippen LogP contribution < -0.4 is 15.0 Å². The third-order valence-electron chi connectivity index (χ3n) is 2.73. The van der Waals surface area contributed by atoms with Crippen LogP contribution in [0.4, 0.5) is 0 Å². The average Bonchev–Trinajstić information content (AvgIpc) is 2.36. The second-order valence-corrected chi connectivity index (χ2v) is 3.83. The van der Waals surface area contributed by atoms with Gasteiger partial charge in [-0.1, -0.05) is 0 Å². The highest BCUT2D eigenvalue weighted by Gasteiger charge is 2.20. The lowest BCUT2D eigenvalue weighted by atomic mass is 10.0. The van der Waals surface area contributed by atoms with Crippen molar-refractivity contribution in [2.45, 2.75) is 13.0 Å². The molecule has 2 rings (SSSR count). The molecule has 1 heterocycles. The molecule has 96 valence electrons. The second kappa shape index (κ2) is 4.66. The first-order chi connectivity index (χ1) is 8.60. The van der Waals surface area contributed by atoms with Gasteiger partial charge in [-0.3, -0.25) is 4.79 Å². The lowest BCUT2D eigenvalue weighted by Crippen LogP contribution is -2.10. The van der Waals surface area contributed by atoms with Crippen molar-refractivity contribution in [1.29, 1.82) is 0 Å². The third-order valence-corrected chi connectivity index (χ3v) is 2.73. The summed E-state index contributed by atoms with van der Waals surface area (Å²) in [7, 11) is 2.95. The number of nitrogens with zero attached hydrogens (tertiary/aromatic N) is 1. The predicted octanol–water partition coefficient (Wildman–Crippen LogP) is 0.994. The first-order valence-electron chi connectivity index (χ1n) is 5.40. The molecule has 0 spiro atoms. The first-order valence-corrected chi connectivity index (χ1v) is 5.40. The number of aromatic amines is 1. The molecule has 0 radical (unpaired) electrons. The predicted molar refractivity (Wildman–Crippen MR) is 66.1 cm³/mol. The van der Waals surface area contributed by atoms with Crippen LogP contribution in [0.1, 0.15) is 18.6 Å². The van der Waals surface area contributed by atoms with Gasteiger partial charge in [-0.25, -0.2) is 4.98 Å². The van der Waals surface area contributed by atoms with Gasteiger partial charge in [-0.15, -0.1) is 0 Å². The average molecular weight is 250 g/mol. The smallest absolute Gasteiger partial charge is 0.258 e. The van der Waals surface area contributed by atoms with Gasteiger partial charge in [-0.05, 0) is 13.0 Å². The minimum atomic E-state index is -0.827. The Morgan fingerprint density at radius 2 is 2.11 bits per heavy atom. The summed E-state index contributed by atoms with van der Waals surface area (Å²) in [5, 5.41) is 10.2. The number of H-pyrrole nitrogens is 1. The Morgan fingerprint density at radius 1 is 1.39 bits per heavy atom. The van der Waals surface area contributed by atoms with E-state index < -0.39 is 6.10 Å². The van der Waals surface area contributed by atoms with E-state index in [-0.39, 0.29) is 5.56 Å². The fraction of sp³-hybridized carbons (Fsp3) is 0.333. The molecule has 2 aromatic rings. The molecule has 1 atom stereocenters. The molecule has 1 unspecified atom stereocenters. The summed E-state index contributed by atoms with van der Waals surface area (Å²) in [6.07, 6.45) is 0.467. The van der Waals surface area contributed by atoms with Crippen molar-refractivity contribution >= 4 is 10.9 Å². The molecule has 1 aromatic heterocycles. The highest BCUT2D eigenvalue weighted by Crippen LogP contribution is 2.38. The lowest BCUT2D eigenvalue weighted by Gasteiger charge is -2.16. The van der Waals surface area contributed by atoms with E-state index in [0.717, 1.165) is 0 Å². The van der Waals surface area contributed by atoms with Gasteiger partial charge in [-0.2, -0.15) is 0 Å². The number of hydrogen-bond donors (Lipinski definition) is 2. The van der Waals surface area contributed by atoms with Crippen LogP contribution >= 0.6 is 0 Å². The van der Waals surface area contributed by atoms with Crippen LogP contribution in [-0.2, 0) is 0 Å². The second-order valence-electron chi connectivity index (χ2n) is 3.83. The third kappa shape index (κ3) is 1.80. The van der Waals surface area contributed by atoms with Crippen LogP contribution in [0.15, 0.2) is 17.2 Å². The number of aromatic nitrogens is 2. The number of nitrogens with one attached hydrogen (secondary N) is 1. The summed E-state index contributed by atoms with van der Waals surface area (Å²) in [5.74, 6) is 0.775. The number of methoxy groups -OCH3 is 2. The molecule has 6 nitrogen and oxygen atoms in total. The Balaban J connectivity index is 2.97. The molecule has 0 aliphatic carbocycles. The van der Waals surface area contributed by atoms with Crippen molar-refractivity contribution in [3.8, 4) is 11.5 Å². The zero-order valence-electron chi connectivity index (χ0n) is 10.4. The van der Waals surface area contributed by atoms with E-state index >= 15 is 0 Å². The Hall–Kier alpha value is -2.08. The van der Waals surface area contributed by atoms with E-state index in [1.165, 1.54) is 20.5 Å². The number of aliphatic hydroxyl groups is 1. The van der Waals surface area contributed by atoms with Crippen molar-refractivity contribution in [1.82, 2.24) is 9.97 Å². The maximum absolute atomic E-state index is 11.7. The van der Waals surface area contributed by atoms with Crippen molar-refractivity contribution in [3.63, 3.8) is 0 Å². The van der Waals surface area contributed by atoms with E-state index in [0.29, 0.717) is 28.0 Å². The Morgan fingerprint density at radius 3 is 2.67 bits per heavy atom. The summed E-state index contributed by atoms with van der Waals surface area (Å²) in [6.45, 7) is 1.58. The van der Waals surface area contributed by atoms with Crippen molar-refractivity contribution in [3.05, 3.63) is 28.3 Å². The van der Waals surface area contributed by atoms with Gasteiger partial charge in [0, 0.05) is 0 Å². The molecule has 0 bridgehead atoms. The molecule has 0 saturated carbocycles. The van der Waals surface area contributed by atoms with Crippen LogP contribution in [0.5, 0.6) is 11.5 Å². The molecule has 18 heavy (non-hydrogen) atoms. The molecular formula is C12H14N2O4. The van der Waals surface area contributed by atoms with Crippen LogP contribution in [0.2, 0.25) is 0 Å². The normalized spacial score (nSPS) is 12.4. The van der Waals surface area contributed by atoms with Gasteiger partial charge in [0.25, 0.3) is 5.56 Å². The van der Waals surface area contributed by atoms with Crippen LogP contribution in [-0.4, -0.2) is 29.3 Å². The molecular weight excluding hydrogens is 236 g/mol. The van der Waals surface area contributed by atoms with E-state index in [1.54, 1.807) is 13.0 Å². The number of hydrogen-bond acceptors (Lipinski definition) is 5. The Labute approximate surface area is 103 Å². The molecule has 0 aliphatic rings. The Kier molecular flexibility index (Phi) is 3.20. The van der Waals surface area contributed by atoms with Gasteiger partial charge in [0.1, 0.15) is 0 Å². The van der Waals surface area contributed by atoms with E-state index in [9.17, 15) is 9.90 Å². The minimum Gasteiger partial charge on any atom is -0.493 e. The highest BCUT2D eigenvalue weighted by molar-refractivity contribution is 5.86. The minimum absolute atomic E-state index is 0.289.